The Morgan fingerprint density at radius 1 is 0.222 bits per heavy atom. The SMILES string of the molecule is [B]1O[B]O[B]O[B]O[B]O[B]O[B]O[B]O[B]O1. The Morgan fingerprint density at radius 2 is 0.333 bits per heavy atom. The van der Waals surface area contributed by atoms with Crippen LogP contribution < -0.4 is 0 Å². The molecule has 0 saturated carbocycles. The maximum Gasteiger partial charge on any atom is 0.457 e. The van der Waals surface area contributed by atoms with E-state index in [4.69, 9.17) is 0 Å². The van der Waals surface area contributed by atoms with Crippen molar-refractivity contribution in [3.63, 3.8) is 0 Å². The highest BCUT2D eigenvalue weighted by Crippen LogP contribution is 1.80. The van der Waals surface area contributed by atoms with Crippen molar-refractivity contribution >= 4 is 69.2 Å². The van der Waals surface area contributed by atoms with Gasteiger partial charge in [-0.2, -0.15) is 0 Å². The molecule has 0 bridgehead atoms. The van der Waals surface area contributed by atoms with Crippen LogP contribution in [0.4, 0.5) is 0 Å². The second-order valence-corrected chi connectivity index (χ2v) is 2.09. The molecule has 0 spiro atoms. The van der Waals surface area contributed by atoms with E-state index >= 15 is 0 Å². The minimum Gasteiger partial charge on any atom is -0.457 e. The topological polar surface area (TPSA) is 83.1 Å². The molecule has 1 aliphatic heterocycles. The maximum atomic E-state index is 4.58. The smallest absolute Gasteiger partial charge is 0.457 e. The van der Waals surface area contributed by atoms with Crippen LogP contribution in [-0.4, -0.2) is 69.2 Å². The van der Waals surface area contributed by atoms with E-state index in [-0.39, 0.29) is 0 Å². The van der Waals surface area contributed by atoms with E-state index in [0.29, 0.717) is 0 Å². The molecule has 9 radical (unpaired) electrons. The van der Waals surface area contributed by atoms with Gasteiger partial charge in [0.1, 0.15) is 0 Å². The monoisotopic (exact) mass is 243 g/mol. The van der Waals surface area contributed by atoms with Crippen LogP contribution in [0.5, 0.6) is 0 Å². The van der Waals surface area contributed by atoms with Gasteiger partial charge in [-0.05, 0) is 0 Å². The van der Waals surface area contributed by atoms with Crippen molar-refractivity contribution in [1.82, 2.24) is 0 Å². The zero-order chi connectivity index (χ0) is 12.7. The fourth-order valence-electron chi connectivity index (χ4n) is 0.493. The van der Waals surface area contributed by atoms with Crippen molar-refractivity contribution in [2.45, 2.75) is 0 Å². The van der Waals surface area contributed by atoms with Crippen LogP contribution in [0.15, 0.2) is 0 Å². The summed E-state index contributed by atoms with van der Waals surface area (Å²) in [6.45, 7) is 0. The first-order valence-corrected chi connectivity index (χ1v) is 4.24. The standard InChI is InChI=1S/B9O9/c1-10-2-12-4-14-6-16-8-18-9-17-7-15-5-13-3-11-1. The molecule has 0 unspecified atom stereocenters. The molecule has 0 amide bonds. The highest BCUT2D eigenvalue weighted by atomic mass is 16.7. The van der Waals surface area contributed by atoms with E-state index in [1.165, 1.54) is 0 Å². The molecule has 0 atom stereocenters. The highest BCUT2D eigenvalue weighted by Gasteiger charge is 2.07. The van der Waals surface area contributed by atoms with Crippen molar-refractivity contribution in [3.05, 3.63) is 0 Å². The molecule has 1 saturated heterocycles. The summed E-state index contributed by atoms with van der Waals surface area (Å²) in [7, 11) is 8.26. The third kappa shape index (κ3) is 11.3. The summed E-state index contributed by atoms with van der Waals surface area (Å²) in [6, 6.07) is 0. The number of rotatable bonds is 0. The lowest BCUT2D eigenvalue weighted by molar-refractivity contribution is 0.349. The van der Waals surface area contributed by atoms with Gasteiger partial charge >= 0.3 is 69.2 Å². The third-order valence-electron chi connectivity index (χ3n) is 1.00. The normalized spacial score (nSPS) is 20.0. The van der Waals surface area contributed by atoms with Crippen LogP contribution in [0.2, 0.25) is 0 Å². The first kappa shape index (κ1) is 16.3. The third-order valence-corrected chi connectivity index (χ3v) is 1.00. The predicted molar refractivity (Wildman–Crippen MR) is 61.6 cm³/mol. The molecule has 1 fully saturated rings. The minimum atomic E-state index is 0.917. The van der Waals surface area contributed by atoms with Gasteiger partial charge in [-0.25, -0.2) is 0 Å². The lowest BCUT2D eigenvalue weighted by Crippen LogP contribution is -2.23. The first-order chi connectivity index (χ1) is 9.00. The fourth-order valence-corrected chi connectivity index (χ4v) is 0.493. The van der Waals surface area contributed by atoms with Crippen LogP contribution >= 0.6 is 0 Å². The van der Waals surface area contributed by atoms with Gasteiger partial charge < -0.3 is 41.1 Å². The van der Waals surface area contributed by atoms with Crippen LogP contribution in [0.3, 0.4) is 0 Å². The molecule has 81 valence electrons. The van der Waals surface area contributed by atoms with E-state index in [9.17, 15) is 0 Å². The molecular formula is B9O9. The molecule has 1 heterocycles. The summed E-state index contributed by atoms with van der Waals surface area (Å²) in [5, 5.41) is 0. The molecular weight excluding hydrogens is 241 g/mol. The molecule has 0 aromatic carbocycles. The minimum absolute atomic E-state index is 0.917. The van der Waals surface area contributed by atoms with E-state index in [2.05, 4.69) is 41.1 Å². The second-order valence-electron chi connectivity index (χ2n) is 2.09. The Morgan fingerprint density at radius 3 is 0.444 bits per heavy atom. The van der Waals surface area contributed by atoms with E-state index in [1.54, 1.807) is 0 Å². The Labute approximate surface area is 111 Å². The van der Waals surface area contributed by atoms with Crippen molar-refractivity contribution in [2.24, 2.45) is 0 Å². The summed E-state index contributed by atoms with van der Waals surface area (Å²) < 4.78 is 41.2. The van der Waals surface area contributed by atoms with E-state index < -0.39 is 0 Å². The van der Waals surface area contributed by atoms with Crippen molar-refractivity contribution in [1.29, 1.82) is 0 Å². The van der Waals surface area contributed by atoms with Gasteiger partial charge in [0.15, 0.2) is 0 Å². The number of hydrogen-bond donors (Lipinski definition) is 0. The lowest BCUT2D eigenvalue weighted by Gasteiger charge is -2.05. The average Bonchev–Trinajstić information content (AvgIpc) is 2.39. The predicted octanol–water partition coefficient (Wildman–Crippen LogP) is -4.04. The summed E-state index contributed by atoms with van der Waals surface area (Å²) in [5.74, 6) is 0. The molecule has 0 aromatic heterocycles. The average molecular weight is 241 g/mol. The molecule has 0 N–H and O–H groups in total. The van der Waals surface area contributed by atoms with E-state index in [1.807, 2.05) is 0 Å². The quantitative estimate of drug-likeness (QED) is 0.393. The summed E-state index contributed by atoms with van der Waals surface area (Å²) in [6.07, 6.45) is 0. The van der Waals surface area contributed by atoms with Gasteiger partial charge in [-0.1, -0.05) is 0 Å². The second kappa shape index (κ2) is 13.7. The van der Waals surface area contributed by atoms with Crippen molar-refractivity contribution in [3.8, 4) is 0 Å². The Bertz CT molecular complexity index is 93.1. The van der Waals surface area contributed by atoms with Crippen molar-refractivity contribution in [2.75, 3.05) is 0 Å². The van der Waals surface area contributed by atoms with Gasteiger partial charge in [0.05, 0.1) is 0 Å². The molecule has 1 aliphatic rings. The highest BCUT2D eigenvalue weighted by molar-refractivity contribution is 6.51. The van der Waals surface area contributed by atoms with Gasteiger partial charge in [-0.3, -0.25) is 0 Å². The Kier molecular flexibility index (Phi) is 12.3. The molecule has 1 rings (SSSR count). The first-order valence-electron chi connectivity index (χ1n) is 4.24. The largest absolute Gasteiger partial charge is 0.457 e. The van der Waals surface area contributed by atoms with Gasteiger partial charge in [0, 0.05) is 0 Å². The molecule has 18 heavy (non-hydrogen) atoms. The van der Waals surface area contributed by atoms with Crippen LogP contribution in [0.25, 0.3) is 0 Å². The van der Waals surface area contributed by atoms with Gasteiger partial charge in [-0.15, -0.1) is 0 Å². The summed E-state index contributed by atoms with van der Waals surface area (Å²) in [5.41, 5.74) is 0. The molecule has 9 nitrogen and oxygen atoms in total. The number of hydrogen-bond acceptors (Lipinski definition) is 9. The van der Waals surface area contributed by atoms with Crippen LogP contribution in [-0.2, 0) is 41.1 Å². The van der Waals surface area contributed by atoms with Gasteiger partial charge in [0.2, 0.25) is 0 Å². The van der Waals surface area contributed by atoms with Crippen LogP contribution in [0, 0.1) is 0 Å². The fraction of sp³-hybridized carbons (Fsp3) is 0. The van der Waals surface area contributed by atoms with Crippen LogP contribution in [0.1, 0.15) is 0 Å². The maximum absolute atomic E-state index is 4.58. The summed E-state index contributed by atoms with van der Waals surface area (Å²) in [4.78, 5) is 0. The molecule has 0 aliphatic carbocycles. The van der Waals surface area contributed by atoms with Crippen molar-refractivity contribution < 1.29 is 41.1 Å². The molecule has 18 heteroatoms. The summed E-state index contributed by atoms with van der Waals surface area (Å²) >= 11 is 0. The molecule has 0 aromatic rings. The van der Waals surface area contributed by atoms with Gasteiger partial charge in [0.25, 0.3) is 0 Å². The lowest BCUT2D eigenvalue weighted by atomic mass is 10.1. The van der Waals surface area contributed by atoms with E-state index in [0.717, 1.165) is 69.2 Å². The zero-order valence-electron chi connectivity index (χ0n) is 8.87. The Balaban J connectivity index is 2.00. The Hall–Kier alpha value is 0.224. The zero-order valence-corrected chi connectivity index (χ0v) is 8.87.